The van der Waals surface area contributed by atoms with Crippen LogP contribution in [0, 0.1) is 11.6 Å². The molecule has 164 valence electrons. The van der Waals surface area contributed by atoms with Crippen LogP contribution in [0.3, 0.4) is 0 Å². The van der Waals surface area contributed by atoms with Crippen LogP contribution in [0.1, 0.15) is 0 Å². The molecule has 32 heavy (non-hydrogen) atoms. The molecule has 0 unspecified atom stereocenters. The van der Waals surface area contributed by atoms with E-state index in [1.54, 1.807) is 19.4 Å². The Morgan fingerprint density at radius 1 is 1.03 bits per heavy atom. The third-order valence-electron chi connectivity index (χ3n) is 5.23. The van der Waals surface area contributed by atoms with Gasteiger partial charge in [0.2, 0.25) is 5.95 Å². The molecule has 1 aliphatic heterocycles. The van der Waals surface area contributed by atoms with Crippen LogP contribution in [0.25, 0.3) is 17.0 Å². The predicted octanol–water partition coefficient (Wildman–Crippen LogP) is 3.66. The van der Waals surface area contributed by atoms with E-state index in [2.05, 4.69) is 25.3 Å². The van der Waals surface area contributed by atoms with E-state index >= 15 is 0 Å². The van der Waals surface area contributed by atoms with E-state index in [4.69, 9.17) is 9.47 Å². The predicted molar refractivity (Wildman–Crippen MR) is 115 cm³/mol. The number of ether oxygens (including phenoxy) is 2. The number of rotatable bonds is 5. The molecule has 0 amide bonds. The normalized spacial score (nSPS) is 14.0. The van der Waals surface area contributed by atoms with E-state index in [1.807, 2.05) is 18.2 Å². The van der Waals surface area contributed by atoms with E-state index in [9.17, 15) is 8.78 Å². The number of hydrogen-bond acceptors (Lipinski definition) is 7. The molecule has 1 saturated heterocycles. The van der Waals surface area contributed by atoms with Gasteiger partial charge in [-0.2, -0.15) is 14.6 Å². The number of methoxy groups -OCH3 is 1. The Morgan fingerprint density at radius 3 is 2.56 bits per heavy atom. The number of hydrogen-bond donors (Lipinski definition) is 1. The zero-order chi connectivity index (χ0) is 22.1. The quantitative estimate of drug-likeness (QED) is 0.510. The summed E-state index contributed by atoms with van der Waals surface area (Å²) in [4.78, 5) is 10.8. The second kappa shape index (κ2) is 8.39. The fourth-order valence-corrected chi connectivity index (χ4v) is 3.68. The highest BCUT2D eigenvalue weighted by atomic mass is 19.1. The molecule has 0 atom stereocenters. The first-order valence-electron chi connectivity index (χ1n) is 10.1. The van der Waals surface area contributed by atoms with Crippen LogP contribution in [0.15, 0.2) is 48.7 Å². The average molecular weight is 438 g/mol. The van der Waals surface area contributed by atoms with Crippen molar-refractivity contribution >= 4 is 23.0 Å². The highest BCUT2D eigenvalue weighted by Gasteiger charge is 2.19. The molecule has 1 fully saturated rings. The van der Waals surface area contributed by atoms with E-state index in [0.717, 1.165) is 18.8 Å². The summed E-state index contributed by atoms with van der Waals surface area (Å²) >= 11 is 0. The van der Waals surface area contributed by atoms with Crippen molar-refractivity contribution < 1.29 is 18.3 Å². The van der Waals surface area contributed by atoms with Crippen molar-refractivity contribution in [2.45, 2.75) is 0 Å². The molecule has 2 aromatic heterocycles. The maximum atomic E-state index is 14.3. The van der Waals surface area contributed by atoms with Crippen molar-refractivity contribution in [1.82, 2.24) is 19.6 Å². The van der Waals surface area contributed by atoms with Crippen LogP contribution in [0.4, 0.5) is 26.1 Å². The van der Waals surface area contributed by atoms with Gasteiger partial charge in [0.1, 0.15) is 17.4 Å². The number of aromatic nitrogens is 4. The van der Waals surface area contributed by atoms with Crippen LogP contribution < -0.4 is 15.0 Å². The molecule has 8 nitrogen and oxygen atoms in total. The van der Waals surface area contributed by atoms with Crippen molar-refractivity contribution in [2.75, 3.05) is 43.6 Å². The lowest BCUT2D eigenvalue weighted by Crippen LogP contribution is -2.36. The maximum absolute atomic E-state index is 14.3. The molecule has 0 bridgehead atoms. The molecule has 2 aromatic carbocycles. The summed E-state index contributed by atoms with van der Waals surface area (Å²) in [6.07, 6.45) is 1.54. The smallest absolute Gasteiger partial charge is 0.232 e. The topological polar surface area (TPSA) is 76.8 Å². The molecule has 10 heteroatoms. The highest BCUT2D eigenvalue weighted by molar-refractivity contribution is 5.69. The fraction of sp³-hybridized carbons (Fsp3) is 0.227. The number of benzene rings is 2. The Hall–Kier alpha value is -3.79. The summed E-state index contributed by atoms with van der Waals surface area (Å²) in [6, 6.07) is 10.9. The molecule has 3 heterocycles. The monoisotopic (exact) mass is 438 g/mol. The second-order valence-electron chi connectivity index (χ2n) is 7.18. The standard InChI is InChI=1S/C22H20F2N6O2/c1-31-18-13-14(5-6-17(18)29-9-11-32-12-10-29)26-22-28-21(27-19-7-8-25-30(19)22)20-15(23)3-2-4-16(20)24/h2-8,13H,9-12H2,1H3,(H,26,27,28). The number of fused-ring (bicyclic) bond motifs is 1. The third-order valence-corrected chi connectivity index (χ3v) is 5.23. The van der Waals surface area contributed by atoms with Gasteiger partial charge < -0.3 is 19.7 Å². The molecule has 0 radical (unpaired) electrons. The molecule has 0 spiro atoms. The van der Waals surface area contributed by atoms with Crippen molar-refractivity contribution in [3.63, 3.8) is 0 Å². The van der Waals surface area contributed by atoms with Crippen LogP contribution >= 0.6 is 0 Å². The van der Waals surface area contributed by atoms with E-state index in [0.29, 0.717) is 30.3 Å². The van der Waals surface area contributed by atoms with E-state index in [1.165, 1.54) is 22.7 Å². The first-order valence-corrected chi connectivity index (χ1v) is 10.1. The zero-order valence-corrected chi connectivity index (χ0v) is 17.3. The molecule has 4 aromatic rings. The van der Waals surface area contributed by atoms with Crippen LogP contribution in [-0.4, -0.2) is 53.0 Å². The Bertz CT molecular complexity index is 1250. The van der Waals surface area contributed by atoms with Gasteiger partial charge in [-0.05, 0) is 24.3 Å². The van der Waals surface area contributed by atoms with Crippen molar-refractivity contribution in [3.8, 4) is 17.1 Å². The number of anilines is 3. The Labute approximate surface area is 182 Å². The summed E-state index contributed by atoms with van der Waals surface area (Å²) in [5.74, 6) is -0.609. The molecular weight excluding hydrogens is 418 g/mol. The fourth-order valence-electron chi connectivity index (χ4n) is 3.68. The molecule has 0 aliphatic carbocycles. The number of morpholine rings is 1. The largest absolute Gasteiger partial charge is 0.495 e. The van der Waals surface area contributed by atoms with Gasteiger partial charge in [0, 0.05) is 30.9 Å². The van der Waals surface area contributed by atoms with Crippen molar-refractivity contribution in [1.29, 1.82) is 0 Å². The number of nitrogens with zero attached hydrogens (tertiary/aromatic N) is 5. The Morgan fingerprint density at radius 2 is 1.81 bits per heavy atom. The average Bonchev–Trinajstić information content (AvgIpc) is 3.29. The lowest BCUT2D eigenvalue weighted by molar-refractivity contribution is 0.122. The summed E-state index contributed by atoms with van der Waals surface area (Å²) in [7, 11) is 1.61. The summed E-state index contributed by atoms with van der Waals surface area (Å²) in [6.45, 7) is 2.88. The van der Waals surface area contributed by atoms with Gasteiger partial charge in [-0.15, -0.1) is 0 Å². The van der Waals surface area contributed by atoms with Gasteiger partial charge in [0.15, 0.2) is 11.5 Å². The molecule has 0 saturated carbocycles. The number of nitrogens with one attached hydrogen (secondary N) is 1. The minimum Gasteiger partial charge on any atom is -0.495 e. The maximum Gasteiger partial charge on any atom is 0.232 e. The highest BCUT2D eigenvalue weighted by Crippen LogP contribution is 2.33. The van der Waals surface area contributed by atoms with Gasteiger partial charge in [-0.25, -0.2) is 13.8 Å². The van der Waals surface area contributed by atoms with Crippen LogP contribution in [-0.2, 0) is 4.74 Å². The van der Waals surface area contributed by atoms with Crippen LogP contribution in [0.5, 0.6) is 5.75 Å². The lowest BCUT2D eigenvalue weighted by atomic mass is 10.2. The van der Waals surface area contributed by atoms with Gasteiger partial charge in [0.05, 0.1) is 37.8 Å². The summed E-state index contributed by atoms with van der Waals surface area (Å²) < 4.78 is 41.2. The summed E-state index contributed by atoms with van der Waals surface area (Å²) in [5, 5.41) is 7.38. The van der Waals surface area contributed by atoms with Crippen molar-refractivity contribution in [3.05, 3.63) is 60.3 Å². The van der Waals surface area contributed by atoms with Gasteiger partial charge in [0.25, 0.3) is 0 Å². The lowest BCUT2D eigenvalue weighted by Gasteiger charge is -2.30. The third kappa shape index (κ3) is 3.69. The van der Waals surface area contributed by atoms with Gasteiger partial charge in [-0.1, -0.05) is 6.07 Å². The van der Waals surface area contributed by atoms with Gasteiger partial charge in [-0.3, -0.25) is 0 Å². The van der Waals surface area contributed by atoms with Gasteiger partial charge >= 0.3 is 0 Å². The first kappa shape index (κ1) is 20.1. The molecule has 5 rings (SSSR count). The molecular formula is C22H20F2N6O2. The van der Waals surface area contributed by atoms with E-state index in [-0.39, 0.29) is 17.3 Å². The minimum atomic E-state index is -0.739. The SMILES string of the molecule is COc1cc(Nc2nc(-c3c(F)cccc3F)nc3ccnn23)ccc1N1CCOCC1. The zero-order valence-electron chi connectivity index (χ0n) is 17.3. The van der Waals surface area contributed by atoms with Crippen LogP contribution in [0.2, 0.25) is 0 Å². The van der Waals surface area contributed by atoms with Crippen molar-refractivity contribution in [2.24, 2.45) is 0 Å². The Balaban J connectivity index is 1.53. The minimum absolute atomic E-state index is 0.0759. The Kier molecular flexibility index (Phi) is 5.28. The number of halogens is 2. The molecule has 1 N–H and O–H groups in total. The molecule has 1 aliphatic rings. The second-order valence-corrected chi connectivity index (χ2v) is 7.18. The van der Waals surface area contributed by atoms with E-state index < -0.39 is 11.6 Å². The first-order chi connectivity index (χ1) is 15.6. The summed E-state index contributed by atoms with van der Waals surface area (Å²) in [5.41, 5.74) is 1.74.